The molecule has 194 valence electrons. The molecule has 2 rings (SSSR count). The molecule has 1 N–H and O–H groups in total. The molecule has 0 aliphatic rings. The van der Waals surface area contributed by atoms with E-state index in [2.05, 4.69) is 13.8 Å². The van der Waals surface area contributed by atoms with Gasteiger partial charge in [0, 0.05) is 12.3 Å². The molecule has 0 amide bonds. The Labute approximate surface area is 222 Å². The highest BCUT2D eigenvalue weighted by Crippen LogP contribution is 2.40. The van der Waals surface area contributed by atoms with Crippen LogP contribution >= 0.6 is 34.8 Å². The van der Waals surface area contributed by atoms with Crippen molar-refractivity contribution in [2.75, 3.05) is 25.7 Å². The van der Waals surface area contributed by atoms with E-state index in [4.69, 9.17) is 53.8 Å². The highest BCUT2D eigenvalue weighted by Gasteiger charge is 2.26. The molecule has 0 heterocycles. The second-order valence-corrected chi connectivity index (χ2v) is 10.1. The molecule has 35 heavy (non-hydrogen) atoms. The molecule has 6 nitrogen and oxygen atoms in total. The van der Waals surface area contributed by atoms with Gasteiger partial charge < -0.3 is 24.1 Å². The molecule has 2 aromatic carbocycles. The fourth-order valence-electron chi connectivity index (χ4n) is 3.26. The maximum atomic E-state index is 11.2. The summed E-state index contributed by atoms with van der Waals surface area (Å²) in [5.41, 5.74) is 1.49. The number of benzene rings is 2. The van der Waals surface area contributed by atoms with Crippen molar-refractivity contribution in [1.82, 2.24) is 0 Å². The molecule has 9 heteroatoms. The summed E-state index contributed by atoms with van der Waals surface area (Å²) in [6, 6.07) is 11.2. The summed E-state index contributed by atoms with van der Waals surface area (Å²) in [6.45, 7) is 9.65. The lowest BCUT2D eigenvalue weighted by Crippen LogP contribution is -2.26. The number of aliphatic hydroxyl groups excluding tert-OH is 1. The summed E-state index contributed by atoms with van der Waals surface area (Å²) in [5, 5.41) is 10.7. The van der Waals surface area contributed by atoms with E-state index < -0.39 is 23.6 Å². The van der Waals surface area contributed by atoms with Gasteiger partial charge in [-0.3, -0.25) is 4.79 Å². The summed E-state index contributed by atoms with van der Waals surface area (Å²) < 4.78 is 21.9. The number of ether oxygens (including phenoxy) is 4. The average molecular weight is 548 g/mol. The van der Waals surface area contributed by atoms with E-state index in [0.717, 1.165) is 11.1 Å². The van der Waals surface area contributed by atoms with E-state index in [1.807, 2.05) is 38.1 Å². The first-order valence-electron chi connectivity index (χ1n) is 11.3. The lowest BCUT2D eigenvalue weighted by Gasteiger charge is -2.27. The zero-order valence-corrected chi connectivity index (χ0v) is 22.9. The number of carbonyl (C=O) groups excluding carboxylic acids is 1. The van der Waals surface area contributed by atoms with Crippen LogP contribution in [0, 0.1) is 0 Å². The number of hydrogen-bond acceptors (Lipinski definition) is 6. The molecule has 0 spiro atoms. The molecule has 0 saturated heterocycles. The van der Waals surface area contributed by atoms with E-state index in [1.165, 1.54) is 6.92 Å². The molecule has 0 radical (unpaired) electrons. The first kappa shape index (κ1) is 29.5. The van der Waals surface area contributed by atoms with Gasteiger partial charge in [-0.15, -0.1) is 11.6 Å². The van der Waals surface area contributed by atoms with Crippen LogP contribution in [-0.4, -0.2) is 55.1 Å². The van der Waals surface area contributed by atoms with Crippen molar-refractivity contribution >= 4 is 40.8 Å². The zero-order chi connectivity index (χ0) is 26.2. The predicted molar refractivity (Wildman–Crippen MR) is 139 cm³/mol. The highest BCUT2D eigenvalue weighted by molar-refractivity contribution is 6.37. The van der Waals surface area contributed by atoms with Gasteiger partial charge in [-0.1, -0.05) is 49.2 Å². The Morgan fingerprint density at radius 1 is 0.971 bits per heavy atom. The van der Waals surface area contributed by atoms with Crippen LogP contribution in [0.4, 0.5) is 0 Å². The smallest absolute Gasteiger partial charge is 0.303 e. The Balaban J connectivity index is 2.09. The Morgan fingerprint density at radius 2 is 1.57 bits per heavy atom. The Kier molecular flexibility index (Phi) is 11.4. The fraction of sp³-hybridized carbons (Fsp3) is 0.500. The normalized spacial score (nSPS) is 13.4. The van der Waals surface area contributed by atoms with E-state index in [-0.39, 0.29) is 31.8 Å². The standard InChI is InChI=1S/C26H33Cl3O6/c1-16(2)32-13-20(31)14-33-21-8-6-18(7-9-21)26(4,5)19-10-23(28)25(24(29)11-19)34-15-22(12-27)35-17(3)30/h6-11,16,20,22,31H,12-15H2,1-5H3/t20-,22-/m0/s1. The van der Waals surface area contributed by atoms with Gasteiger partial charge in [0.25, 0.3) is 0 Å². The fourth-order valence-corrected chi connectivity index (χ4v) is 4.01. The van der Waals surface area contributed by atoms with Gasteiger partial charge in [-0.2, -0.15) is 0 Å². The van der Waals surface area contributed by atoms with Gasteiger partial charge in [-0.25, -0.2) is 0 Å². The number of alkyl halides is 1. The topological polar surface area (TPSA) is 74.2 Å². The van der Waals surface area contributed by atoms with Crippen LogP contribution in [0.15, 0.2) is 36.4 Å². The summed E-state index contributed by atoms with van der Waals surface area (Å²) in [7, 11) is 0. The molecule has 0 fully saturated rings. The number of aliphatic hydroxyl groups is 1. The lowest BCUT2D eigenvalue weighted by molar-refractivity contribution is -0.146. The third-order valence-electron chi connectivity index (χ3n) is 5.28. The Hall–Kier alpha value is -1.70. The van der Waals surface area contributed by atoms with Gasteiger partial charge in [0.05, 0.1) is 28.6 Å². The maximum absolute atomic E-state index is 11.2. The van der Waals surface area contributed by atoms with E-state index >= 15 is 0 Å². The van der Waals surface area contributed by atoms with Crippen molar-refractivity contribution in [3.05, 3.63) is 57.6 Å². The number of rotatable bonds is 13. The van der Waals surface area contributed by atoms with E-state index in [0.29, 0.717) is 21.5 Å². The van der Waals surface area contributed by atoms with E-state index in [1.54, 1.807) is 12.1 Å². The second kappa shape index (κ2) is 13.6. The molecular formula is C26H33Cl3O6. The van der Waals surface area contributed by atoms with Crippen molar-refractivity contribution in [3.63, 3.8) is 0 Å². The SMILES string of the molecule is CC(=O)O[C@@H](CCl)COc1c(Cl)cc(C(C)(C)c2ccc(OC[C@@H](O)COC(C)C)cc2)cc1Cl. The van der Waals surface area contributed by atoms with Gasteiger partial charge in [-0.05, 0) is 49.2 Å². The van der Waals surface area contributed by atoms with Crippen molar-refractivity contribution in [2.45, 2.75) is 58.3 Å². The summed E-state index contributed by atoms with van der Waals surface area (Å²) in [6.07, 6.45) is -1.26. The van der Waals surface area contributed by atoms with Crippen molar-refractivity contribution < 1.29 is 28.8 Å². The minimum atomic E-state index is -0.702. The Morgan fingerprint density at radius 3 is 2.09 bits per heavy atom. The van der Waals surface area contributed by atoms with Crippen molar-refractivity contribution in [1.29, 1.82) is 0 Å². The molecular weight excluding hydrogens is 515 g/mol. The van der Waals surface area contributed by atoms with Crippen LogP contribution in [0.2, 0.25) is 10.0 Å². The number of hydrogen-bond donors (Lipinski definition) is 1. The van der Waals surface area contributed by atoms with Crippen LogP contribution in [0.5, 0.6) is 11.5 Å². The van der Waals surface area contributed by atoms with Crippen LogP contribution in [0.3, 0.4) is 0 Å². The summed E-state index contributed by atoms with van der Waals surface area (Å²) >= 11 is 18.8. The Bertz CT molecular complexity index is 939. The number of esters is 1. The van der Waals surface area contributed by atoms with Gasteiger partial charge in [0.1, 0.15) is 31.2 Å². The van der Waals surface area contributed by atoms with E-state index in [9.17, 15) is 9.90 Å². The zero-order valence-electron chi connectivity index (χ0n) is 20.6. The third-order valence-corrected chi connectivity index (χ3v) is 6.18. The maximum Gasteiger partial charge on any atom is 0.303 e. The molecule has 0 aromatic heterocycles. The monoisotopic (exact) mass is 546 g/mol. The van der Waals surface area contributed by atoms with Crippen LogP contribution in [0.25, 0.3) is 0 Å². The van der Waals surface area contributed by atoms with Crippen molar-refractivity contribution in [2.24, 2.45) is 0 Å². The molecule has 0 saturated carbocycles. The highest BCUT2D eigenvalue weighted by atomic mass is 35.5. The number of halogens is 3. The van der Waals surface area contributed by atoms with Crippen LogP contribution in [0.1, 0.15) is 45.7 Å². The summed E-state index contributed by atoms with van der Waals surface area (Å²) in [5.74, 6) is 0.597. The minimum absolute atomic E-state index is 0.0328. The largest absolute Gasteiger partial charge is 0.491 e. The average Bonchev–Trinajstić information content (AvgIpc) is 2.79. The quantitative estimate of drug-likeness (QED) is 0.244. The first-order valence-corrected chi connectivity index (χ1v) is 12.6. The second-order valence-electron chi connectivity index (χ2n) is 8.96. The van der Waals surface area contributed by atoms with Gasteiger partial charge >= 0.3 is 5.97 Å². The minimum Gasteiger partial charge on any atom is -0.491 e. The summed E-state index contributed by atoms with van der Waals surface area (Å²) in [4.78, 5) is 11.2. The van der Waals surface area contributed by atoms with Crippen molar-refractivity contribution in [3.8, 4) is 11.5 Å². The van der Waals surface area contributed by atoms with Crippen LogP contribution < -0.4 is 9.47 Å². The predicted octanol–water partition coefficient (Wildman–Crippen LogP) is 6.03. The first-order chi connectivity index (χ1) is 16.4. The molecule has 0 aliphatic carbocycles. The molecule has 0 aliphatic heterocycles. The molecule has 0 unspecified atom stereocenters. The molecule has 2 aromatic rings. The van der Waals surface area contributed by atoms with Gasteiger partial charge in [0.2, 0.25) is 0 Å². The molecule has 0 bridgehead atoms. The lowest BCUT2D eigenvalue weighted by atomic mass is 9.78. The third kappa shape index (κ3) is 9.03. The van der Waals surface area contributed by atoms with Gasteiger partial charge in [0.15, 0.2) is 5.75 Å². The number of carbonyl (C=O) groups is 1. The van der Waals surface area contributed by atoms with Crippen LogP contribution in [-0.2, 0) is 19.7 Å². The molecule has 2 atom stereocenters.